The number of benzene rings is 1. The number of amides is 1. The molecular weight excluding hydrogens is 342 g/mol. The minimum atomic E-state index is 0.128. The van der Waals surface area contributed by atoms with Crippen molar-refractivity contribution >= 4 is 11.9 Å². The number of aromatic nitrogens is 1. The minimum absolute atomic E-state index is 0.128. The van der Waals surface area contributed by atoms with Gasteiger partial charge in [-0.15, -0.1) is 0 Å². The Hall–Kier alpha value is -2.83. The first-order chi connectivity index (χ1) is 13.1. The van der Waals surface area contributed by atoms with Gasteiger partial charge in [-0.25, -0.2) is 9.98 Å². The summed E-state index contributed by atoms with van der Waals surface area (Å²) in [5, 5.41) is 3.33. The zero-order chi connectivity index (χ0) is 19.2. The Morgan fingerprint density at radius 1 is 1.19 bits per heavy atom. The molecule has 0 saturated carbocycles. The molecule has 0 atom stereocenters. The Balaban J connectivity index is 1.65. The van der Waals surface area contributed by atoms with E-state index in [1.807, 2.05) is 36.1 Å². The summed E-state index contributed by atoms with van der Waals surface area (Å²) >= 11 is 0. The van der Waals surface area contributed by atoms with E-state index < -0.39 is 0 Å². The molecule has 1 aromatic carbocycles. The fourth-order valence-corrected chi connectivity index (χ4v) is 3.02. The summed E-state index contributed by atoms with van der Waals surface area (Å²) in [5.41, 5.74) is 2.96. The number of oxazole rings is 1. The highest BCUT2D eigenvalue weighted by molar-refractivity contribution is 5.80. The standard InChI is InChI=1S/C20H27N5O2/c1-4-21-20(25-11-9-24(10-12-25)16(3)26)22-13-18-14-27-19(23-18)17-7-5-15(2)6-8-17/h5-8,14H,4,9-13H2,1-3H3,(H,21,22). The zero-order valence-electron chi connectivity index (χ0n) is 16.2. The molecule has 7 nitrogen and oxygen atoms in total. The van der Waals surface area contributed by atoms with Crippen molar-refractivity contribution in [3.8, 4) is 11.5 Å². The third-order valence-corrected chi connectivity index (χ3v) is 4.60. The van der Waals surface area contributed by atoms with Gasteiger partial charge in [-0.05, 0) is 26.0 Å². The van der Waals surface area contributed by atoms with E-state index in [1.165, 1.54) is 5.56 Å². The molecule has 1 N–H and O–H groups in total. The van der Waals surface area contributed by atoms with Crippen molar-refractivity contribution in [1.29, 1.82) is 0 Å². The number of hydrogen-bond donors (Lipinski definition) is 1. The van der Waals surface area contributed by atoms with Crippen LogP contribution in [0.3, 0.4) is 0 Å². The van der Waals surface area contributed by atoms with Gasteiger partial charge in [-0.1, -0.05) is 17.7 Å². The van der Waals surface area contributed by atoms with Gasteiger partial charge < -0.3 is 19.5 Å². The third-order valence-electron chi connectivity index (χ3n) is 4.60. The molecule has 1 fully saturated rings. The van der Waals surface area contributed by atoms with E-state index in [0.717, 1.165) is 49.9 Å². The SMILES string of the molecule is CCNC(=NCc1coc(-c2ccc(C)cc2)n1)N1CCN(C(C)=O)CC1. The van der Waals surface area contributed by atoms with Gasteiger partial charge in [0.2, 0.25) is 11.8 Å². The monoisotopic (exact) mass is 369 g/mol. The van der Waals surface area contributed by atoms with Crippen molar-refractivity contribution in [2.24, 2.45) is 4.99 Å². The fourth-order valence-electron chi connectivity index (χ4n) is 3.02. The summed E-state index contributed by atoms with van der Waals surface area (Å²) in [6.45, 7) is 9.96. The number of nitrogens with one attached hydrogen (secondary N) is 1. The summed E-state index contributed by atoms with van der Waals surface area (Å²) in [6, 6.07) is 8.10. The molecule has 1 aliphatic rings. The third kappa shape index (κ3) is 4.87. The number of nitrogens with zero attached hydrogens (tertiary/aromatic N) is 4. The van der Waals surface area contributed by atoms with Crippen LogP contribution >= 0.6 is 0 Å². The number of carbonyl (C=O) groups is 1. The van der Waals surface area contributed by atoms with Crippen molar-refractivity contribution in [2.45, 2.75) is 27.3 Å². The molecule has 0 spiro atoms. The number of carbonyl (C=O) groups excluding carboxylic acids is 1. The number of piperazine rings is 1. The molecule has 2 aromatic rings. The van der Waals surface area contributed by atoms with Crippen LogP contribution in [0, 0.1) is 6.92 Å². The van der Waals surface area contributed by atoms with Crippen LogP contribution in [-0.2, 0) is 11.3 Å². The van der Waals surface area contributed by atoms with Gasteiger partial charge in [-0.2, -0.15) is 0 Å². The maximum Gasteiger partial charge on any atom is 0.226 e. The average molecular weight is 369 g/mol. The second-order valence-electron chi connectivity index (χ2n) is 6.67. The number of hydrogen-bond acceptors (Lipinski definition) is 4. The van der Waals surface area contributed by atoms with Gasteiger partial charge >= 0.3 is 0 Å². The summed E-state index contributed by atoms with van der Waals surface area (Å²) in [6.07, 6.45) is 1.66. The van der Waals surface area contributed by atoms with Crippen LogP contribution < -0.4 is 5.32 Å². The molecule has 144 valence electrons. The normalized spacial score (nSPS) is 15.1. The molecule has 1 aliphatic heterocycles. The maximum absolute atomic E-state index is 11.5. The van der Waals surface area contributed by atoms with Crippen molar-refractivity contribution < 1.29 is 9.21 Å². The lowest BCUT2D eigenvalue weighted by Crippen LogP contribution is -2.53. The van der Waals surface area contributed by atoms with Crippen LogP contribution in [0.1, 0.15) is 25.1 Å². The largest absolute Gasteiger partial charge is 0.444 e. The lowest BCUT2D eigenvalue weighted by Gasteiger charge is -2.36. The van der Waals surface area contributed by atoms with Crippen LogP contribution in [0.25, 0.3) is 11.5 Å². The van der Waals surface area contributed by atoms with Crippen LogP contribution in [0.4, 0.5) is 0 Å². The van der Waals surface area contributed by atoms with Gasteiger partial charge in [0.15, 0.2) is 5.96 Å². The Kier molecular flexibility index (Phi) is 6.11. The lowest BCUT2D eigenvalue weighted by atomic mass is 10.1. The number of rotatable bonds is 4. The lowest BCUT2D eigenvalue weighted by molar-refractivity contribution is -0.130. The number of guanidine groups is 1. The summed E-state index contributed by atoms with van der Waals surface area (Å²) in [5.74, 6) is 1.59. The molecule has 3 rings (SSSR count). The zero-order valence-corrected chi connectivity index (χ0v) is 16.2. The molecule has 0 radical (unpaired) electrons. The molecule has 0 aliphatic carbocycles. The highest BCUT2D eigenvalue weighted by Gasteiger charge is 2.21. The fraction of sp³-hybridized carbons (Fsp3) is 0.450. The highest BCUT2D eigenvalue weighted by atomic mass is 16.3. The molecule has 1 saturated heterocycles. The molecule has 7 heteroatoms. The Morgan fingerprint density at radius 3 is 2.48 bits per heavy atom. The molecule has 2 heterocycles. The van der Waals surface area contributed by atoms with Crippen LogP contribution in [0.15, 0.2) is 39.9 Å². The van der Waals surface area contributed by atoms with Gasteiger partial charge in [0.1, 0.15) is 12.0 Å². The van der Waals surface area contributed by atoms with E-state index in [2.05, 4.69) is 22.1 Å². The second-order valence-corrected chi connectivity index (χ2v) is 6.67. The number of aryl methyl sites for hydroxylation is 1. The first kappa shape index (κ1) is 18.9. The van der Waals surface area contributed by atoms with E-state index in [0.29, 0.717) is 12.4 Å². The molecule has 0 unspecified atom stereocenters. The van der Waals surface area contributed by atoms with E-state index in [4.69, 9.17) is 9.41 Å². The minimum Gasteiger partial charge on any atom is -0.444 e. The van der Waals surface area contributed by atoms with Crippen LogP contribution in [0.2, 0.25) is 0 Å². The van der Waals surface area contributed by atoms with Gasteiger partial charge in [0.25, 0.3) is 0 Å². The van der Waals surface area contributed by atoms with E-state index in [1.54, 1.807) is 13.2 Å². The van der Waals surface area contributed by atoms with E-state index in [-0.39, 0.29) is 5.91 Å². The first-order valence-electron chi connectivity index (χ1n) is 9.37. The van der Waals surface area contributed by atoms with E-state index >= 15 is 0 Å². The highest BCUT2D eigenvalue weighted by Crippen LogP contribution is 2.19. The topological polar surface area (TPSA) is 74.0 Å². The Bertz CT molecular complexity index is 789. The van der Waals surface area contributed by atoms with Gasteiger partial charge in [0, 0.05) is 45.2 Å². The van der Waals surface area contributed by atoms with Crippen molar-refractivity contribution in [1.82, 2.24) is 20.1 Å². The molecular formula is C20H27N5O2. The quantitative estimate of drug-likeness (QED) is 0.661. The summed E-state index contributed by atoms with van der Waals surface area (Å²) < 4.78 is 5.61. The van der Waals surface area contributed by atoms with Crippen molar-refractivity contribution in [3.05, 3.63) is 41.8 Å². The smallest absolute Gasteiger partial charge is 0.226 e. The molecule has 1 amide bonds. The van der Waals surface area contributed by atoms with Crippen molar-refractivity contribution in [2.75, 3.05) is 32.7 Å². The first-order valence-corrected chi connectivity index (χ1v) is 9.37. The number of aliphatic imine (C=N–C) groups is 1. The predicted molar refractivity (Wildman–Crippen MR) is 105 cm³/mol. The Morgan fingerprint density at radius 2 is 1.85 bits per heavy atom. The molecule has 1 aromatic heterocycles. The molecule has 0 bridgehead atoms. The predicted octanol–water partition coefficient (Wildman–Crippen LogP) is 2.28. The van der Waals surface area contributed by atoms with Gasteiger partial charge in [0.05, 0.1) is 6.54 Å². The van der Waals surface area contributed by atoms with Crippen LogP contribution in [-0.4, -0.2) is 59.4 Å². The van der Waals surface area contributed by atoms with Crippen LogP contribution in [0.5, 0.6) is 0 Å². The maximum atomic E-state index is 11.5. The Labute approximate surface area is 160 Å². The van der Waals surface area contributed by atoms with Gasteiger partial charge in [-0.3, -0.25) is 4.79 Å². The summed E-state index contributed by atoms with van der Waals surface area (Å²) in [4.78, 5) is 24.8. The summed E-state index contributed by atoms with van der Waals surface area (Å²) in [7, 11) is 0. The van der Waals surface area contributed by atoms with Crippen molar-refractivity contribution in [3.63, 3.8) is 0 Å². The average Bonchev–Trinajstić information content (AvgIpc) is 3.15. The van der Waals surface area contributed by atoms with E-state index in [9.17, 15) is 4.79 Å². The molecule has 27 heavy (non-hydrogen) atoms. The second kappa shape index (κ2) is 8.70.